The van der Waals surface area contributed by atoms with Gasteiger partial charge in [-0.15, -0.1) is 0 Å². The minimum Gasteiger partial charge on any atom is -0.355 e. The Morgan fingerprint density at radius 3 is 2.94 bits per heavy atom. The molecule has 18 heavy (non-hydrogen) atoms. The van der Waals surface area contributed by atoms with Crippen LogP contribution in [0.5, 0.6) is 0 Å². The molecule has 0 saturated heterocycles. The average molecular weight is 308 g/mol. The Morgan fingerprint density at radius 1 is 1.39 bits per heavy atom. The standard InChI is InChI=1S/C14H18BrN3/c1-11(2)9-17-14-16-6-7-18(14)10-12-4-3-5-13(15)8-12/h3-8,11H,9-10H2,1-2H3,(H,16,17). The number of imidazole rings is 1. The fourth-order valence-corrected chi connectivity index (χ4v) is 2.18. The highest BCUT2D eigenvalue weighted by Gasteiger charge is 2.04. The average Bonchev–Trinajstić information content (AvgIpc) is 2.74. The Labute approximate surface area is 116 Å². The van der Waals surface area contributed by atoms with E-state index in [-0.39, 0.29) is 0 Å². The van der Waals surface area contributed by atoms with Crippen LogP contribution in [0.1, 0.15) is 19.4 Å². The van der Waals surface area contributed by atoms with Crippen LogP contribution in [-0.2, 0) is 6.54 Å². The maximum absolute atomic E-state index is 4.35. The summed E-state index contributed by atoms with van der Waals surface area (Å²) in [5, 5.41) is 3.37. The summed E-state index contributed by atoms with van der Waals surface area (Å²) in [5.41, 5.74) is 1.26. The number of nitrogens with zero attached hydrogens (tertiary/aromatic N) is 2. The SMILES string of the molecule is CC(C)CNc1nccn1Cc1cccc(Br)c1. The summed E-state index contributed by atoms with van der Waals surface area (Å²) >= 11 is 3.49. The van der Waals surface area contributed by atoms with Crippen molar-refractivity contribution in [2.45, 2.75) is 20.4 Å². The Morgan fingerprint density at radius 2 is 2.22 bits per heavy atom. The second-order valence-electron chi connectivity index (χ2n) is 4.78. The van der Waals surface area contributed by atoms with Gasteiger partial charge in [-0.1, -0.05) is 41.9 Å². The van der Waals surface area contributed by atoms with Gasteiger partial charge in [-0.2, -0.15) is 0 Å². The summed E-state index contributed by atoms with van der Waals surface area (Å²) in [6.07, 6.45) is 3.84. The molecule has 1 heterocycles. The van der Waals surface area contributed by atoms with Gasteiger partial charge >= 0.3 is 0 Å². The van der Waals surface area contributed by atoms with Crippen molar-refractivity contribution in [3.8, 4) is 0 Å². The van der Waals surface area contributed by atoms with Gasteiger partial charge in [0.05, 0.1) is 6.54 Å². The van der Waals surface area contributed by atoms with Crippen LogP contribution in [0.3, 0.4) is 0 Å². The van der Waals surface area contributed by atoms with E-state index in [2.05, 4.69) is 62.8 Å². The van der Waals surface area contributed by atoms with Crippen molar-refractivity contribution in [3.05, 3.63) is 46.7 Å². The first-order chi connectivity index (χ1) is 8.65. The molecule has 0 amide bonds. The molecule has 4 heteroatoms. The molecule has 0 radical (unpaired) electrons. The van der Waals surface area contributed by atoms with Crippen LogP contribution in [0.2, 0.25) is 0 Å². The summed E-state index contributed by atoms with van der Waals surface area (Å²) in [5.74, 6) is 1.55. The number of hydrogen-bond donors (Lipinski definition) is 1. The minimum absolute atomic E-state index is 0.612. The van der Waals surface area contributed by atoms with E-state index >= 15 is 0 Å². The van der Waals surface area contributed by atoms with Gasteiger partial charge in [0.2, 0.25) is 5.95 Å². The van der Waals surface area contributed by atoms with Gasteiger partial charge in [-0.3, -0.25) is 0 Å². The normalized spacial score (nSPS) is 10.9. The molecule has 0 atom stereocenters. The molecule has 0 bridgehead atoms. The number of aromatic nitrogens is 2. The molecule has 0 spiro atoms. The molecule has 2 rings (SSSR count). The smallest absolute Gasteiger partial charge is 0.203 e. The lowest BCUT2D eigenvalue weighted by molar-refractivity contribution is 0.676. The Balaban J connectivity index is 2.07. The largest absolute Gasteiger partial charge is 0.355 e. The van der Waals surface area contributed by atoms with E-state index < -0.39 is 0 Å². The highest BCUT2D eigenvalue weighted by atomic mass is 79.9. The van der Waals surface area contributed by atoms with Crippen LogP contribution in [0.15, 0.2) is 41.1 Å². The van der Waals surface area contributed by atoms with E-state index in [4.69, 9.17) is 0 Å². The molecule has 0 aliphatic heterocycles. The fourth-order valence-electron chi connectivity index (χ4n) is 1.73. The van der Waals surface area contributed by atoms with Gasteiger partial charge in [0.1, 0.15) is 0 Å². The molecule has 0 saturated carbocycles. The van der Waals surface area contributed by atoms with E-state index in [0.29, 0.717) is 5.92 Å². The van der Waals surface area contributed by atoms with Crippen molar-refractivity contribution in [2.75, 3.05) is 11.9 Å². The van der Waals surface area contributed by atoms with Crippen molar-refractivity contribution in [1.29, 1.82) is 0 Å². The highest BCUT2D eigenvalue weighted by molar-refractivity contribution is 9.10. The van der Waals surface area contributed by atoms with Crippen LogP contribution in [0, 0.1) is 5.92 Å². The lowest BCUT2D eigenvalue weighted by atomic mass is 10.2. The molecular weight excluding hydrogens is 290 g/mol. The first-order valence-corrected chi connectivity index (χ1v) is 6.94. The number of benzene rings is 1. The van der Waals surface area contributed by atoms with Crippen LogP contribution in [0.4, 0.5) is 5.95 Å². The molecule has 1 aromatic heterocycles. The molecule has 0 fully saturated rings. The maximum Gasteiger partial charge on any atom is 0.203 e. The second-order valence-corrected chi connectivity index (χ2v) is 5.70. The summed E-state index contributed by atoms with van der Waals surface area (Å²) in [7, 11) is 0. The monoisotopic (exact) mass is 307 g/mol. The maximum atomic E-state index is 4.35. The third kappa shape index (κ3) is 3.60. The zero-order valence-corrected chi connectivity index (χ0v) is 12.3. The first-order valence-electron chi connectivity index (χ1n) is 6.14. The van der Waals surface area contributed by atoms with Crippen LogP contribution < -0.4 is 5.32 Å². The topological polar surface area (TPSA) is 29.9 Å². The predicted molar refractivity (Wildman–Crippen MR) is 78.8 cm³/mol. The number of halogens is 1. The minimum atomic E-state index is 0.612. The Kier molecular flexibility index (Phi) is 4.42. The molecule has 1 N–H and O–H groups in total. The van der Waals surface area contributed by atoms with Crippen molar-refractivity contribution in [3.63, 3.8) is 0 Å². The summed E-state index contributed by atoms with van der Waals surface area (Å²) in [6, 6.07) is 8.34. The molecule has 0 aliphatic carbocycles. The van der Waals surface area contributed by atoms with E-state index in [1.807, 2.05) is 18.5 Å². The molecule has 3 nitrogen and oxygen atoms in total. The third-order valence-electron chi connectivity index (χ3n) is 2.63. The molecule has 0 unspecified atom stereocenters. The molecule has 2 aromatic rings. The van der Waals surface area contributed by atoms with Gasteiger partial charge in [0.25, 0.3) is 0 Å². The highest BCUT2D eigenvalue weighted by Crippen LogP contribution is 2.15. The lowest BCUT2D eigenvalue weighted by Crippen LogP contribution is -2.13. The van der Waals surface area contributed by atoms with Crippen molar-refractivity contribution in [1.82, 2.24) is 9.55 Å². The second kappa shape index (κ2) is 6.05. The summed E-state index contributed by atoms with van der Waals surface area (Å²) in [4.78, 5) is 4.35. The van der Waals surface area contributed by atoms with Gasteiger partial charge in [-0.25, -0.2) is 4.98 Å². The van der Waals surface area contributed by atoms with Crippen LogP contribution in [-0.4, -0.2) is 16.1 Å². The number of anilines is 1. The molecular formula is C14H18BrN3. The Bertz CT molecular complexity index is 505. The van der Waals surface area contributed by atoms with E-state index in [9.17, 15) is 0 Å². The van der Waals surface area contributed by atoms with Crippen molar-refractivity contribution in [2.24, 2.45) is 5.92 Å². The van der Waals surface area contributed by atoms with Crippen LogP contribution in [0.25, 0.3) is 0 Å². The quantitative estimate of drug-likeness (QED) is 0.911. The van der Waals surface area contributed by atoms with Crippen molar-refractivity contribution < 1.29 is 0 Å². The zero-order chi connectivity index (χ0) is 13.0. The lowest BCUT2D eigenvalue weighted by Gasteiger charge is -2.11. The van der Waals surface area contributed by atoms with Gasteiger partial charge in [-0.05, 0) is 23.6 Å². The number of rotatable bonds is 5. The zero-order valence-electron chi connectivity index (χ0n) is 10.7. The summed E-state index contributed by atoms with van der Waals surface area (Å²) in [6.45, 7) is 6.15. The fraction of sp³-hybridized carbons (Fsp3) is 0.357. The van der Waals surface area contributed by atoms with E-state index in [1.165, 1.54) is 5.56 Å². The van der Waals surface area contributed by atoms with Crippen molar-refractivity contribution >= 4 is 21.9 Å². The summed E-state index contributed by atoms with van der Waals surface area (Å²) < 4.78 is 3.24. The molecule has 0 aliphatic rings. The van der Waals surface area contributed by atoms with Crippen LogP contribution >= 0.6 is 15.9 Å². The molecule has 96 valence electrons. The predicted octanol–water partition coefficient (Wildman–Crippen LogP) is 3.76. The Hall–Kier alpha value is -1.29. The van der Waals surface area contributed by atoms with E-state index in [1.54, 1.807) is 0 Å². The number of nitrogens with one attached hydrogen (secondary N) is 1. The number of hydrogen-bond acceptors (Lipinski definition) is 2. The van der Waals surface area contributed by atoms with E-state index in [0.717, 1.165) is 23.5 Å². The van der Waals surface area contributed by atoms with Gasteiger partial charge in [0, 0.05) is 23.4 Å². The van der Waals surface area contributed by atoms with Gasteiger partial charge < -0.3 is 9.88 Å². The van der Waals surface area contributed by atoms with Gasteiger partial charge in [0.15, 0.2) is 0 Å². The third-order valence-corrected chi connectivity index (χ3v) is 3.12. The first kappa shape index (κ1) is 13.1. The molecule has 1 aromatic carbocycles.